The summed E-state index contributed by atoms with van der Waals surface area (Å²) in [6, 6.07) is 7.51. The van der Waals surface area contributed by atoms with E-state index >= 15 is 0 Å². The summed E-state index contributed by atoms with van der Waals surface area (Å²) in [4.78, 5) is 14.0. The van der Waals surface area contributed by atoms with Gasteiger partial charge in [-0.3, -0.25) is 4.79 Å². The number of halogens is 1. The molecule has 1 aliphatic heterocycles. The van der Waals surface area contributed by atoms with Crippen LogP contribution in [0.5, 0.6) is 0 Å². The maximum atomic E-state index is 12.0. The van der Waals surface area contributed by atoms with Crippen LogP contribution in [0.3, 0.4) is 0 Å². The third-order valence-electron chi connectivity index (χ3n) is 2.98. The van der Waals surface area contributed by atoms with Gasteiger partial charge in [-0.05, 0) is 43.5 Å². The molecule has 17 heavy (non-hydrogen) atoms. The Morgan fingerprint density at radius 2 is 1.82 bits per heavy atom. The van der Waals surface area contributed by atoms with Gasteiger partial charge >= 0.3 is 0 Å². The van der Waals surface area contributed by atoms with E-state index < -0.39 is 0 Å². The van der Waals surface area contributed by atoms with E-state index in [4.69, 9.17) is 11.6 Å². The van der Waals surface area contributed by atoms with Crippen LogP contribution in [0.1, 0.15) is 25.3 Å². The third-order valence-corrected chi connectivity index (χ3v) is 3.24. The Hall–Kier alpha value is -1.28. The molecule has 0 unspecified atom stereocenters. The van der Waals surface area contributed by atoms with E-state index in [1.54, 1.807) is 0 Å². The number of carbonyl (C=O) groups excluding carboxylic acids is 1. The first-order chi connectivity index (χ1) is 8.16. The molecule has 0 bridgehead atoms. The number of amides is 1. The van der Waals surface area contributed by atoms with E-state index in [1.807, 2.05) is 42.2 Å². The molecule has 0 spiro atoms. The van der Waals surface area contributed by atoms with Crippen molar-refractivity contribution < 1.29 is 4.79 Å². The minimum Gasteiger partial charge on any atom is -0.339 e. The van der Waals surface area contributed by atoms with Gasteiger partial charge in [0.15, 0.2) is 0 Å². The van der Waals surface area contributed by atoms with E-state index in [-0.39, 0.29) is 5.91 Å². The lowest BCUT2D eigenvalue weighted by atomic mass is 10.1. The van der Waals surface area contributed by atoms with Crippen molar-refractivity contribution in [1.82, 2.24) is 4.90 Å². The summed E-state index contributed by atoms with van der Waals surface area (Å²) in [6.07, 6.45) is 4.16. The molecule has 0 N–H and O–H groups in total. The standard InChI is InChI=1S/C14H16ClNO/c1-11(14(17)16-8-2-3-9-16)10-12-4-6-13(15)7-5-12/h4-7,10H,2-3,8-9H2,1H3/b11-10+. The van der Waals surface area contributed by atoms with Gasteiger partial charge in [0.05, 0.1) is 0 Å². The van der Waals surface area contributed by atoms with Crippen molar-refractivity contribution in [3.8, 4) is 0 Å². The molecule has 1 saturated heterocycles. The number of carbonyl (C=O) groups is 1. The third kappa shape index (κ3) is 3.10. The Balaban J connectivity index is 2.10. The van der Waals surface area contributed by atoms with Gasteiger partial charge in [-0.15, -0.1) is 0 Å². The van der Waals surface area contributed by atoms with Gasteiger partial charge < -0.3 is 4.90 Å². The smallest absolute Gasteiger partial charge is 0.249 e. The largest absolute Gasteiger partial charge is 0.339 e. The molecular weight excluding hydrogens is 234 g/mol. The number of likely N-dealkylation sites (tertiary alicyclic amines) is 1. The first-order valence-electron chi connectivity index (χ1n) is 5.90. The summed E-state index contributed by atoms with van der Waals surface area (Å²) in [5.74, 6) is 0.150. The Bertz CT molecular complexity index is 430. The van der Waals surface area contributed by atoms with E-state index in [0.717, 1.165) is 37.1 Å². The zero-order valence-electron chi connectivity index (χ0n) is 9.95. The topological polar surface area (TPSA) is 20.3 Å². The van der Waals surface area contributed by atoms with Crippen LogP contribution < -0.4 is 0 Å². The molecule has 0 saturated carbocycles. The number of rotatable bonds is 2. The minimum absolute atomic E-state index is 0.150. The van der Waals surface area contributed by atoms with Crippen molar-refractivity contribution in [3.05, 3.63) is 40.4 Å². The zero-order valence-corrected chi connectivity index (χ0v) is 10.7. The maximum Gasteiger partial charge on any atom is 0.249 e. The number of benzene rings is 1. The van der Waals surface area contributed by atoms with Crippen molar-refractivity contribution in [2.45, 2.75) is 19.8 Å². The molecule has 2 nitrogen and oxygen atoms in total. The SMILES string of the molecule is C/C(=C\c1ccc(Cl)cc1)C(=O)N1CCCC1. The van der Waals surface area contributed by atoms with Crippen LogP contribution in [0.15, 0.2) is 29.8 Å². The summed E-state index contributed by atoms with van der Waals surface area (Å²) in [5.41, 5.74) is 1.80. The lowest BCUT2D eigenvalue weighted by Gasteiger charge is -2.15. The van der Waals surface area contributed by atoms with Crippen molar-refractivity contribution in [2.24, 2.45) is 0 Å². The van der Waals surface area contributed by atoms with Gasteiger partial charge in [0.25, 0.3) is 0 Å². The van der Waals surface area contributed by atoms with Crippen LogP contribution in [0.2, 0.25) is 5.02 Å². The fourth-order valence-electron chi connectivity index (χ4n) is 2.04. The fraction of sp³-hybridized carbons (Fsp3) is 0.357. The highest BCUT2D eigenvalue weighted by atomic mass is 35.5. The molecule has 1 aromatic carbocycles. The van der Waals surface area contributed by atoms with E-state index in [1.165, 1.54) is 0 Å². The Kier molecular flexibility index (Phi) is 3.85. The first-order valence-corrected chi connectivity index (χ1v) is 6.28. The average molecular weight is 250 g/mol. The Morgan fingerprint density at radius 3 is 2.41 bits per heavy atom. The van der Waals surface area contributed by atoms with Gasteiger partial charge in [-0.25, -0.2) is 0 Å². The normalized spacial score (nSPS) is 16.4. The molecule has 0 aromatic heterocycles. The molecule has 3 heteroatoms. The predicted octanol–water partition coefficient (Wildman–Crippen LogP) is 3.37. The van der Waals surface area contributed by atoms with Crippen molar-refractivity contribution >= 4 is 23.6 Å². The molecule has 1 heterocycles. The number of hydrogen-bond donors (Lipinski definition) is 0. The second-order valence-corrected chi connectivity index (χ2v) is 4.81. The highest BCUT2D eigenvalue weighted by molar-refractivity contribution is 6.30. The van der Waals surface area contributed by atoms with Crippen molar-refractivity contribution in [2.75, 3.05) is 13.1 Å². The monoisotopic (exact) mass is 249 g/mol. The molecule has 1 amide bonds. The molecule has 1 aromatic rings. The van der Waals surface area contributed by atoms with Crippen LogP contribution in [0, 0.1) is 0 Å². The number of hydrogen-bond acceptors (Lipinski definition) is 1. The zero-order chi connectivity index (χ0) is 12.3. The summed E-state index contributed by atoms with van der Waals surface area (Å²) < 4.78 is 0. The molecule has 1 fully saturated rings. The van der Waals surface area contributed by atoms with Gasteiger partial charge in [0.1, 0.15) is 0 Å². The lowest BCUT2D eigenvalue weighted by Crippen LogP contribution is -2.28. The molecule has 0 aliphatic carbocycles. The molecule has 0 atom stereocenters. The van der Waals surface area contributed by atoms with E-state index in [0.29, 0.717) is 5.02 Å². The van der Waals surface area contributed by atoms with Gasteiger partial charge in [-0.1, -0.05) is 23.7 Å². The van der Waals surface area contributed by atoms with Crippen LogP contribution in [0.4, 0.5) is 0 Å². The van der Waals surface area contributed by atoms with E-state index in [2.05, 4.69) is 0 Å². The molecule has 0 radical (unpaired) electrons. The van der Waals surface area contributed by atoms with Crippen LogP contribution in [0.25, 0.3) is 6.08 Å². The summed E-state index contributed by atoms with van der Waals surface area (Å²) >= 11 is 5.82. The van der Waals surface area contributed by atoms with Gasteiger partial charge in [-0.2, -0.15) is 0 Å². The lowest BCUT2D eigenvalue weighted by molar-refractivity contribution is -0.125. The summed E-state index contributed by atoms with van der Waals surface area (Å²) in [7, 11) is 0. The molecule has 1 aliphatic rings. The predicted molar refractivity (Wildman–Crippen MR) is 70.9 cm³/mol. The average Bonchev–Trinajstić information content (AvgIpc) is 2.84. The Labute approximate surface area is 107 Å². The molecular formula is C14H16ClNO. The fourth-order valence-corrected chi connectivity index (χ4v) is 2.17. The van der Waals surface area contributed by atoms with Crippen LogP contribution >= 0.6 is 11.6 Å². The quantitative estimate of drug-likeness (QED) is 0.736. The second kappa shape index (κ2) is 5.37. The van der Waals surface area contributed by atoms with E-state index in [9.17, 15) is 4.79 Å². The van der Waals surface area contributed by atoms with Crippen molar-refractivity contribution in [3.63, 3.8) is 0 Å². The second-order valence-electron chi connectivity index (χ2n) is 4.38. The van der Waals surface area contributed by atoms with Gasteiger partial charge in [0.2, 0.25) is 5.91 Å². The highest BCUT2D eigenvalue weighted by Gasteiger charge is 2.18. The number of nitrogens with zero attached hydrogens (tertiary/aromatic N) is 1. The minimum atomic E-state index is 0.150. The Morgan fingerprint density at radius 1 is 1.24 bits per heavy atom. The summed E-state index contributed by atoms with van der Waals surface area (Å²) in [6.45, 7) is 3.66. The molecule has 90 valence electrons. The molecule has 2 rings (SSSR count). The first kappa shape index (κ1) is 12.2. The summed E-state index contributed by atoms with van der Waals surface area (Å²) in [5, 5.41) is 0.714. The van der Waals surface area contributed by atoms with Crippen molar-refractivity contribution in [1.29, 1.82) is 0 Å². The maximum absolute atomic E-state index is 12.0. The highest BCUT2D eigenvalue weighted by Crippen LogP contribution is 2.15. The van der Waals surface area contributed by atoms with Gasteiger partial charge in [0, 0.05) is 23.7 Å². The van der Waals surface area contributed by atoms with Crippen LogP contribution in [-0.2, 0) is 4.79 Å². The van der Waals surface area contributed by atoms with Crippen LogP contribution in [-0.4, -0.2) is 23.9 Å².